The number of alkyl halides is 1. The molecular weight excluding hydrogens is 205 g/mol. The van der Waals surface area contributed by atoms with Gasteiger partial charge in [0.2, 0.25) is 0 Å². The fourth-order valence-corrected chi connectivity index (χ4v) is 1.85. The van der Waals surface area contributed by atoms with Gasteiger partial charge in [0.25, 0.3) is 0 Å². The van der Waals surface area contributed by atoms with Crippen LogP contribution in [0.3, 0.4) is 0 Å². The van der Waals surface area contributed by atoms with Crippen LogP contribution in [0.25, 0.3) is 11.0 Å². The third kappa shape index (κ3) is 1.61. The van der Waals surface area contributed by atoms with Crippen molar-refractivity contribution >= 4 is 11.0 Å². The highest BCUT2D eigenvalue weighted by molar-refractivity contribution is 5.81. The Balaban J connectivity index is 2.59. The van der Waals surface area contributed by atoms with Crippen LogP contribution in [0.1, 0.15) is 24.7 Å². The monoisotopic (exact) mass is 221 g/mol. The zero-order valence-electron chi connectivity index (χ0n) is 9.59. The third-order valence-electron chi connectivity index (χ3n) is 3.07. The van der Waals surface area contributed by atoms with Crippen molar-refractivity contribution < 1.29 is 8.81 Å². The largest absolute Gasteiger partial charge is 0.457 e. The molecule has 2 N–H and O–H groups in total. The van der Waals surface area contributed by atoms with Crippen LogP contribution < -0.4 is 5.73 Å². The van der Waals surface area contributed by atoms with Gasteiger partial charge in [-0.25, -0.2) is 4.39 Å². The summed E-state index contributed by atoms with van der Waals surface area (Å²) in [5, 5.41) is 0.930. The summed E-state index contributed by atoms with van der Waals surface area (Å²) in [4.78, 5) is 0. The molecule has 86 valence electrons. The molecule has 16 heavy (non-hydrogen) atoms. The lowest BCUT2D eigenvalue weighted by Crippen LogP contribution is -2.28. The van der Waals surface area contributed by atoms with E-state index in [1.54, 1.807) is 13.0 Å². The number of rotatable bonds is 3. The number of furan rings is 1. The first-order valence-corrected chi connectivity index (χ1v) is 5.49. The number of para-hydroxylation sites is 1. The lowest BCUT2D eigenvalue weighted by atomic mass is 10.00. The van der Waals surface area contributed by atoms with E-state index in [4.69, 9.17) is 10.2 Å². The second-order valence-electron chi connectivity index (χ2n) is 4.13. The van der Waals surface area contributed by atoms with Crippen molar-refractivity contribution in [3.8, 4) is 0 Å². The standard InChI is InChI=1S/C13H16FNO/c1-3-13(14,8-15)11-7-10-6-4-5-9(2)12(10)16-11/h4-7H,3,8,15H2,1-2H3. The zero-order valence-corrected chi connectivity index (χ0v) is 9.59. The lowest BCUT2D eigenvalue weighted by molar-refractivity contribution is 0.136. The first kappa shape index (κ1) is 11.1. The molecule has 0 spiro atoms. The molecule has 3 heteroatoms. The van der Waals surface area contributed by atoms with Crippen LogP contribution in [0.5, 0.6) is 0 Å². The second-order valence-corrected chi connectivity index (χ2v) is 4.13. The van der Waals surface area contributed by atoms with E-state index < -0.39 is 5.67 Å². The first-order chi connectivity index (χ1) is 7.60. The molecule has 0 fully saturated rings. The van der Waals surface area contributed by atoms with Crippen LogP contribution in [0.15, 0.2) is 28.7 Å². The van der Waals surface area contributed by atoms with Gasteiger partial charge in [0, 0.05) is 11.9 Å². The summed E-state index contributed by atoms with van der Waals surface area (Å²) in [6.07, 6.45) is 0.322. The maximum absolute atomic E-state index is 14.3. The summed E-state index contributed by atoms with van der Waals surface area (Å²) < 4.78 is 19.9. The van der Waals surface area contributed by atoms with Crippen molar-refractivity contribution in [2.24, 2.45) is 5.73 Å². The van der Waals surface area contributed by atoms with Gasteiger partial charge in [-0.3, -0.25) is 0 Å². The van der Waals surface area contributed by atoms with E-state index in [1.807, 2.05) is 25.1 Å². The minimum atomic E-state index is -1.55. The summed E-state index contributed by atoms with van der Waals surface area (Å²) in [5.41, 5.74) is 5.69. The molecule has 0 radical (unpaired) electrons. The van der Waals surface area contributed by atoms with Crippen molar-refractivity contribution in [3.05, 3.63) is 35.6 Å². The van der Waals surface area contributed by atoms with E-state index in [0.29, 0.717) is 12.2 Å². The molecule has 0 saturated heterocycles. The SMILES string of the molecule is CCC(F)(CN)c1cc2cccc(C)c2o1. The second kappa shape index (κ2) is 3.91. The van der Waals surface area contributed by atoms with Crippen molar-refractivity contribution in [3.63, 3.8) is 0 Å². The Morgan fingerprint density at radius 2 is 2.19 bits per heavy atom. The normalized spacial score (nSPS) is 15.2. The number of halogens is 1. The van der Waals surface area contributed by atoms with Crippen LogP contribution in [-0.4, -0.2) is 6.54 Å². The molecule has 0 aliphatic rings. The lowest BCUT2D eigenvalue weighted by Gasteiger charge is -2.18. The molecule has 1 heterocycles. The van der Waals surface area contributed by atoms with Crippen LogP contribution in [-0.2, 0) is 5.67 Å². The molecule has 2 aromatic rings. The highest BCUT2D eigenvalue weighted by Gasteiger charge is 2.32. The van der Waals surface area contributed by atoms with Gasteiger partial charge in [-0.2, -0.15) is 0 Å². The Morgan fingerprint density at radius 3 is 2.75 bits per heavy atom. The van der Waals surface area contributed by atoms with Crippen molar-refractivity contribution in [1.29, 1.82) is 0 Å². The van der Waals surface area contributed by atoms with Gasteiger partial charge in [-0.1, -0.05) is 25.1 Å². The fourth-order valence-electron chi connectivity index (χ4n) is 1.85. The van der Waals surface area contributed by atoms with Crippen molar-refractivity contribution in [2.75, 3.05) is 6.54 Å². The molecule has 1 atom stereocenters. The van der Waals surface area contributed by atoms with Crippen molar-refractivity contribution in [2.45, 2.75) is 25.9 Å². The van der Waals surface area contributed by atoms with E-state index in [1.165, 1.54) is 0 Å². The number of hydrogen-bond donors (Lipinski definition) is 1. The molecule has 1 unspecified atom stereocenters. The van der Waals surface area contributed by atoms with Crippen LogP contribution in [0.2, 0.25) is 0 Å². The smallest absolute Gasteiger partial charge is 0.180 e. The Bertz CT molecular complexity index is 500. The number of benzene rings is 1. The van der Waals surface area contributed by atoms with Crippen LogP contribution >= 0.6 is 0 Å². The molecule has 0 amide bonds. The number of fused-ring (bicyclic) bond motifs is 1. The highest BCUT2D eigenvalue weighted by atomic mass is 19.1. The molecule has 0 aliphatic carbocycles. The van der Waals surface area contributed by atoms with E-state index >= 15 is 0 Å². The van der Waals surface area contributed by atoms with Gasteiger partial charge >= 0.3 is 0 Å². The van der Waals surface area contributed by atoms with Crippen molar-refractivity contribution in [1.82, 2.24) is 0 Å². The van der Waals surface area contributed by atoms with E-state index in [0.717, 1.165) is 16.5 Å². The predicted molar refractivity (Wildman–Crippen MR) is 63.1 cm³/mol. The van der Waals surface area contributed by atoms with E-state index in [-0.39, 0.29) is 6.54 Å². The highest BCUT2D eigenvalue weighted by Crippen LogP contribution is 2.34. The summed E-state index contributed by atoms with van der Waals surface area (Å²) in [6.45, 7) is 3.67. The summed E-state index contributed by atoms with van der Waals surface area (Å²) in [7, 11) is 0. The third-order valence-corrected chi connectivity index (χ3v) is 3.07. The first-order valence-electron chi connectivity index (χ1n) is 5.49. The summed E-state index contributed by atoms with van der Waals surface area (Å²) in [6, 6.07) is 7.55. The topological polar surface area (TPSA) is 39.2 Å². The van der Waals surface area contributed by atoms with E-state index in [2.05, 4.69) is 0 Å². The fraction of sp³-hybridized carbons (Fsp3) is 0.385. The Kier molecular flexibility index (Phi) is 2.72. The molecule has 2 nitrogen and oxygen atoms in total. The maximum atomic E-state index is 14.3. The zero-order chi connectivity index (χ0) is 11.8. The molecular formula is C13H16FNO. The number of hydrogen-bond acceptors (Lipinski definition) is 2. The minimum absolute atomic E-state index is 0.0532. The number of nitrogens with two attached hydrogens (primary N) is 1. The average molecular weight is 221 g/mol. The summed E-state index contributed by atoms with van der Waals surface area (Å²) in [5.74, 6) is 0.335. The molecule has 1 aromatic heterocycles. The number of aryl methyl sites for hydroxylation is 1. The quantitative estimate of drug-likeness (QED) is 0.863. The van der Waals surface area contributed by atoms with Gasteiger partial charge < -0.3 is 10.2 Å². The molecule has 1 aromatic carbocycles. The van der Waals surface area contributed by atoms with Gasteiger partial charge in [0.1, 0.15) is 11.3 Å². The van der Waals surface area contributed by atoms with Crippen LogP contribution in [0.4, 0.5) is 4.39 Å². The predicted octanol–water partition coefficient (Wildman–Crippen LogP) is 3.27. The van der Waals surface area contributed by atoms with Gasteiger partial charge in [0.05, 0.1) is 0 Å². The maximum Gasteiger partial charge on any atom is 0.180 e. The van der Waals surface area contributed by atoms with Gasteiger partial charge in [0.15, 0.2) is 5.67 Å². The minimum Gasteiger partial charge on any atom is -0.457 e. The Hall–Kier alpha value is -1.35. The Labute approximate surface area is 94.2 Å². The molecule has 2 rings (SSSR count). The van der Waals surface area contributed by atoms with E-state index in [9.17, 15) is 4.39 Å². The molecule has 0 saturated carbocycles. The molecule has 0 aliphatic heterocycles. The average Bonchev–Trinajstić information content (AvgIpc) is 2.74. The molecule has 0 bridgehead atoms. The van der Waals surface area contributed by atoms with Gasteiger partial charge in [-0.15, -0.1) is 0 Å². The summed E-state index contributed by atoms with van der Waals surface area (Å²) >= 11 is 0. The van der Waals surface area contributed by atoms with Gasteiger partial charge in [-0.05, 0) is 25.0 Å². The Morgan fingerprint density at radius 1 is 1.44 bits per heavy atom. The van der Waals surface area contributed by atoms with Crippen LogP contribution in [0, 0.1) is 6.92 Å².